The van der Waals surface area contributed by atoms with Gasteiger partial charge < -0.3 is 10.6 Å². The van der Waals surface area contributed by atoms with Crippen molar-refractivity contribution < 1.29 is 4.79 Å². The van der Waals surface area contributed by atoms with Crippen LogP contribution in [0.1, 0.15) is 12.8 Å². The first kappa shape index (κ1) is 10.5. The van der Waals surface area contributed by atoms with E-state index in [9.17, 15) is 4.79 Å². The van der Waals surface area contributed by atoms with E-state index in [2.05, 4.69) is 26.6 Å². The van der Waals surface area contributed by atoms with Gasteiger partial charge in [-0.1, -0.05) is 22.0 Å². The molecule has 4 heteroatoms. The first-order chi connectivity index (χ1) is 7.24. The van der Waals surface area contributed by atoms with E-state index in [1.165, 1.54) is 12.8 Å². The van der Waals surface area contributed by atoms with Gasteiger partial charge in [-0.25, -0.2) is 4.79 Å². The van der Waals surface area contributed by atoms with Crippen LogP contribution in [0.3, 0.4) is 0 Å². The van der Waals surface area contributed by atoms with Crippen molar-refractivity contribution in [3.63, 3.8) is 0 Å². The Kier molecular flexibility index (Phi) is 3.26. The summed E-state index contributed by atoms with van der Waals surface area (Å²) in [6.45, 7) is 0.792. The van der Waals surface area contributed by atoms with Crippen LogP contribution in [0.5, 0.6) is 0 Å². The standard InChI is InChI=1S/C11H13BrN2O/c12-9-2-1-3-10(6-9)14-11(15)13-7-8-4-5-8/h1-3,6,8H,4-5,7H2,(H2,13,14,15). The smallest absolute Gasteiger partial charge is 0.319 e. The zero-order valence-electron chi connectivity index (χ0n) is 8.29. The summed E-state index contributed by atoms with van der Waals surface area (Å²) in [5.74, 6) is 0.707. The summed E-state index contributed by atoms with van der Waals surface area (Å²) >= 11 is 3.35. The molecule has 0 radical (unpaired) electrons. The molecule has 1 aromatic carbocycles. The van der Waals surface area contributed by atoms with Crippen LogP contribution in [0.25, 0.3) is 0 Å². The Morgan fingerprint density at radius 3 is 2.93 bits per heavy atom. The summed E-state index contributed by atoms with van der Waals surface area (Å²) in [5.41, 5.74) is 0.803. The van der Waals surface area contributed by atoms with Crippen LogP contribution in [-0.4, -0.2) is 12.6 Å². The van der Waals surface area contributed by atoms with E-state index in [-0.39, 0.29) is 6.03 Å². The highest BCUT2D eigenvalue weighted by Crippen LogP contribution is 2.27. The van der Waals surface area contributed by atoms with Gasteiger partial charge in [-0.3, -0.25) is 0 Å². The van der Waals surface area contributed by atoms with Crippen LogP contribution in [-0.2, 0) is 0 Å². The quantitative estimate of drug-likeness (QED) is 0.870. The summed E-state index contributed by atoms with van der Waals surface area (Å²) in [5, 5.41) is 5.63. The van der Waals surface area contributed by atoms with Crippen molar-refractivity contribution in [1.82, 2.24) is 5.32 Å². The van der Waals surface area contributed by atoms with Crippen molar-refractivity contribution in [2.45, 2.75) is 12.8 Å². The number of carbonyl (C=O) groups excluding carboxylic acids is 1. The van der Waals surface area contributed by atoms with Gasteiger partial charge in [0.2, 0.25) is 0 Å². The average Bonchev–Trinajstić information content (AvgIpc) is 2.98. The fraction of sp³-hybridized carbons (Fsp3) is 0.364. The monoisotopic (exact) mass is 268 g/mol. The van der Waals surface area contributed by atoms with Gasteiger partial charge in [-0.15, -0.1) is 0 Å². The molecule has 2 N–H and O–H groups in total. The Morgan fingerprint density at radius 2 is 2.27 bits per heavy atom. The lowest BCUT2D eigenvalue weighted by atomic mass is 10.3. The van der Waals surface area contributed by atoms with Gasteiger partial charge in [0.1, 0.15) is 0 Å². The van der Waals surface area contributed by atoms with Crippen molar-refractivity contribution in [2.24, 2.45) is 5.92 Å². The number of benzene rings is 1. The van der Waals surface area contributed by atoms with Gasteiger partial charge >= 0.3 is 6.03 Å². The molecule has 80 valence electrons. The van der Waals surface area contributed by atoms with Crippen LogP contribution >= 0.6 is 15.9 Å². The van der Waals surface area contributed by atoms with Crippen molar-refractivity contribution in [3.8, 4) is 0 Å². The normalized spacial score (nSPS) is 14.7. The molecule has 1 aliphatic rings. The minimum absolute atomic E-state index is 0.125. The molecule has 1 saturated carbocycles. The highest BCUT2D eigenvalue weighted by atomic mass is 79.9. The van der Waals surface area contributed by atoms with Gasteiger partial charge in [-0.05, 0) is 37.0 Å². The van der Waals surface area contributed by atoms with Crippen LogP contribution in [0, 0.1) is 5.92 Å². The Balaban J connectivity index is 1.81. The van der Waals surface area contributed by atoms with Gasteiger partial charge in [0, 0.05) is 16.7 Å². The number of urea groups is 1. The van der Waals surface area contributed by atoms with Gasteiger partial charge in [0.15, 0.2) is 0 Å². The highest BCUT2D eigenvalue weighted by Gasteiger charge is 2.21. The summed E-state index contributed by atoms with van der Waals surface area (Å²) in [6, 6.07) is 7.42. The van der Waals surface area contributed by atoms with Crippen LogP contribution in [0.2, 0.25) is 0 Å². The third kappa shape index (κ3) is 3.55. The number of nitrogens with one attached hydrogen (secondary N) is 2. The molecule has 0 atom stereocenters. The molecule has 0 spiro atoms. The second-order valence-electron chi connectivity index (χ2n) is 3.79. The molecule has 2 rings (SSSR count). The lowest BCUT2D eigenvalue weighted by Crippen LogP contribution is -2.30. The molecule has 0 aromatic heterocycles. The van der Waals surface area contributed by atoms with Crippen LogP contribution in [0.15, 0.2) is 28.7 Å². The van der Waals surface area contributed by atoms with Crippen LogP contribution in [0.4, 0.5) is 10.5 Å². The minimum Gasteiger partial charge on any atom is -0.338 e. The maximum atomic E-state index is 11.4. The number of halogens is 1. The predicted octanol–water partition coefficient (Wildman–Crippen LogP) is 2.98. The maximum absolute atomic E-state index is 11.4. The number of carbonyl (C=O) groups is 1. The topological polar surface area (TPSA) is 41.1 Å². The molecule has 0 unspecified atom stereocenters. The fourth-order valence-electron chi connectivity index (χ4n) is 1.30. The summed E-state index contributed by atoms with van der Waals surface area (Å²) in [4.78, 5) is 11.4. The second-order valence-corrected chi connectivity index (χ2v) is 4.70. The third-order valence-corrected chi connectivity index (χ3v) is 2.82. The van der Waals surface area contributed by atoms with E-state index in [1.54, 1.807) is 0 Å². The Bertz CT molecular complexity index is 363. The van der Waals surface area contributed by atoms with Crippen molar-refractivity contribution in [1.29, 1.82) is 0 Å². The molecule has 2 amide bonds. The molecular weight excluding hydrogens is 256 g/mol. The van der Waals surface area contributed by atoms with E-state index < -0.39 is 0 Å². The molecule has 0 aliphatic heterocycles. The molecule has 1 fully saturated rings. The van der Waals surface area contributed by atoms with Crippen molar-refractivity contribution >= 4 is 27.6 Å². The highest BCUT2D eigenvalue weighted by molar-refractivity contribution is 9.10. The number of amides is 2. The first-order valence-electron chi connectivity index (χ1n) is 5.04. The molecule has 0 saturated heterocycles. The second kappa shape index (κ2) is 4.66. The molecule has 0 heterocycles. The van der Waals surface area contributed by atoms with Crippen molar-refractivity contribution in [3.05, 3.63) is 28.7 Å². The third-order valence-electron chi connectivity index (χ3n) is 2.33. The Morgan fingerprint density at radius 1 is 1.47 bits per heavy atom. The molecule has 0 bridgehead atoms. The lowest BCUT2D eigenvalue weighted by molar-refractivity contribution is 0.251. The molecule has 1 aliphatic carbocycles. The summed E-state index contributed by atoms with van der Waals surface area (Å²) in [6.07, 6.45) is 2.49. The molecule has 1 aromatic rings. The SMILES string of the molecule is O=C(NCC1CC1)Nc1cccc(Br)c1. The van der Waals surface area contributed by atoms with E-state index in [4.69, 9.17) is 0 Å². The summed E-state index contributed by atoms with van der Waals surface area (Å²) < 4.78 is 0.961. The lowest BCUT2D eigenvalue weighted by Gasteiger charge is -2.06. The fourth-order valence-corrected chi connectivity index (χ4v) is 1.70. The number of hydrogen-bond donors (Lipinski definition) is 2. The maximum Gasteiger partial charge on any atom is 0.319 e. The number of hydrogen-bond acceptors (Lipinski definition) is 1. The number of anilines is 1. The van der Waals surface area contributed by atoms with Gasteiger partial charge in [-0.2, -0.15) is 0 Å². The molecule has 3 nitrogen and oxygen atoms in total. The Hall–Kier alpha value is -1.03. The van der Waals surface area contributed by atoms with E-state index >= 15 is 0 Å². The van der Waals surface area contributed by atoms with Gasteiger partial charge in [0.05, 0.1) is 0 Å². The summed E-state index contributed by atoms with van der Waals surface area (Å²) in [7, 11) is 0. The zero-order chi connectivity index (χ0) is 10.7. The predicted molar refractivity (Wildman–Crippen MR) is 63.9 cm³/mol. The van der Waals surface area contributed by atoms with Crippen LogP contribution < -0.4 is 10.6 Å². The molecule has 15 heavy (non-hydrogen) atoms. The zero-order valence-corrected chi connectivity index (χ0v) is 9.88. The minimum atomic E-state index is -0.125. The van der Waals surface area contributed by atoms with E-state index in [0.717, 1.165) is 16.7 Å². The largest absolute Gasteiger partial charge is 0.338 e. The van der Waals surface area contributed by atoms with Crippen molar-refractivity contribution in [2.75, 3.05) is 11.9 Å². The van der Waals surface area contributed by atoms with Gasteiger partial charge in [0.25, 0.3) is 0 Å². The Labute approximate surface area is 97.4 Å². The average molecular weight is 269 g/mol. The first-order valence-corrected chi connectivity index (χ1v) is 5.84. The van der Waals surface area contributed by atoms with E-state index in [1.807, 2.05) is 24.3 Å². The molecular formula is C11H13BrN2O. The number of rotatable bonds is 3. The van der Waals surface area contributed by atoms with E-state index in [0.29, 0.717) is 5.92 Å².